The van der Waals surface area contributed by atoms with Gasteiger partial charge in [-0.05, 0) is 18.2 Å². The fourth-order valence-corrected chi connectivity index (χ4v) is 2.30. The van der Waals surface area contributed by atoms with Gasteiger partial charge in [0, 0.05) is 23.7 Å². The summed E-state index contributed by atoms with van der Waals surface area (Å²) in [4.78, 5) is 4.43. The number of aliphatic hydroxyl groups excluding tert-OH is 1. The van der Waals surface area contributed by atoms with Crippen LogP contribution in [0.25, 0.3) is 5.69 Å². The van der Waals surface area contributed by atoms with Gasteiger partial charge in [0.2, 0.25) is 0 Å². The molecular formula is C12H11BrN2O2. The molecule has 5 heteroatoms. The van der Waals surface area contributed by atoms with E-state index in [1.54, 1.807) is 0 Å². The van der Waals surface area contributed by atoms with Gasteiger partial charge in [0.25, 0.3) is 0 Å². The standard InChI is InChI=1S/C12H11BrN2O2/c13-8-1-2-10-11(5-8)17-7-12-14-9(3-4-16)6-15(10)12/h1-2,5-6,16H,3-4,7H2. The number of aliphatic hydroxyl groups is 1. The highest BCUT2D eigenvalue weighted by atomic mass is 79.9. The molecule has 1 aliphatic heterocycles. The monoisotopic (exact) mass is 294 g/mol. The molecule has 0 atom stereocenters. The number of benzene rings is 1. The molecule has 0 radical (unpaired) electrons. The van der Waals surface area contributed by atoms with E-state index in [0.29, 0.717) is 13.0 Å². The van der Waals surface area contributed by atoms with Crippen molar-refractivity contribution in [1.29, 1.82) is 0 Å². The Bertz CT molecular complexity index is 566. The number of halogens is 1. The van der Waals surface area contributed by atoms with Crippen LogP contribution in [0, 0.1) is 0 Å². The smallest absolute Gasteiger partial charge is 0.151 e. The molecule has 2 aromatic rings. The van der Waals surface area contributed by atoms with Gasteiger partial charge >= 0.3 is 0 Å². The Labute approximate surface area is 107 Å². The highest BCUT2D eigenvalue weighted by Crippen LogP contribution is 2.32. The Morgan fingerprint density at radius 3 is 3.18 bits per heavy atom. The van der Waals surface area contributed by atoms with E-state index in [0.717, 1.165) is 27.4 Å². The first kappa shape index (κ1) is 10.8. The van der Waals surface area contributed by atoms with E-state index in [-0.39, 0.29) is 6.61 Å². The maximum atomic E-state index is 8.93. The molecule has 1 aliphatic rings. The van der Waals surface area contributed by atoms with Crippen molar-refractivity contribution in [1.82, 2.24) is 9.55 Å². The van der Waals surface area contributed by atoms with Gasteiger partial charge in [0.1, 0.15) is 12.4 Å². The third-order valence-corrected chi connectivity index (χ3v) is 3.23. The van der Waals surface area contributed by atoms with Crippen LogP contribution in [0.4, 0.5) is 0 Å². The van der Waals surface area contributed by atoms with Gasteiger partial charge in [0.15, 0.2) is 5.82 Å². The average Bonchev–Trinajstić information content (AvgIpc) is 2.72. The first-order chi connectivity index (χ1) is 8.28. The van der Waals surface area contributed by atoms with E-state index < -0.39 is 0 Å². The second kappa shape index (κ2) is 4.16. The minimum Gasteiger partial charge on any atom is -0.483 e. The number of aromatic nitrogens is 2. The summed E-state index contributed by atoms with van der Waals surface area (Å²) in [5.74, 6) is 1.73. The van der Waals surface area contributed by atoms with Gasteiger partial charge in [-0.15, -0.1) is 0 Å². The van der Waals surface area contributed by atoms with Gasteiger partial charge in [-0.25, -0.2) is 4.98 Å². The summed E-state index contributed by atoms with van der Waals surface area (Å²) in [6.45, 7) is 0.583. The Balaban J connectivity index is 2.09. The van der Waals surface area contributed by atoms with Crippen LogP contribution >= 0.6 is 15.9 Å². The van der Waals surface area contributed by atoms with Gasteiger partial charge in [0.05, 0.1) is 11.4 Å². The zero-order chi connectivity index (χ0) is 11.8. The SMILES string of the molecule is OCCc1cn2c(n1)COc1cc(Br)ccc1-2. The summed E-state index contributed by atoms with van der Waals surface area (Å²) >= 11 is 3.42. The Morgan fingerprint density at radius 1 is 1.47 bits per heavy atom. The molecule has 1 aromatic heterocycles. The fourth-order valence-electron chi connectivity index (χ4n) is 1.96. The van der Waals surface area contributed by atoms with Crippen LogP contribution in [0.15, 0.2) is 28.9 Å². The second-order valence-electron chi connectivity index (χ2n) is 3.89. The second-order valence-corrected chi connectivity index (χ2v) is 4.81. The van der Waals surface area contributed by atoms with Crippen molar-refractivity contribution >= 4 is 15.9 Å². The third-order valence-electron chi connectivity index (χ3n) is 2.73. The van der Waals surface area contributed by atoms with E-state index in [2.05, 4.69) is 20.9 Å². The third kappa shape index (κ3) is 1.85. The van der Waals surface area contributed by atoms with Gasteiger partial charge in [-0.3, -0.25) is 4.57 Å². The van der Waals surface area contributed by atoms with Crippen LogP contribution in [-0.2, 0) is 13.0 Å². The Morgan fingerprint density at radius 2 is 2.35 bits per heavy atom. The lowest BCUT2D eigenvalue weighted by Crippen LogP contribution is -2.12. The van der Waals surface area contributed by atoms with E-state index in [1.165, 1.54) is 0 Å². The zero-order valence-corrected chi connectivity index (χ0v) is 10.6. The summed E-state index contributed by atoms with van der Waals surface area (Å²) in [5, 5.41) is 8.93. The number of hydrogen-bond donors (Lipinski definition) is 1. The van der Waals surface area contributed by atoms with Crippen LogP contribution in [0.5, 0.6) is 5.75 Å². The molecule has 4 nitrogen and oxygen atoms in total. The molecular weight excluding hydrogens is 284 g/mol. The molecule has 0 aliphatic carbocycles. The van der Waals surface area contributed by atoms with Crippen molar-refractivity contribution in [3.8, 4) is 11.4 Å². The van der Waals surface area contributed by atoms with Crippen LogP contribution in [0.2, 0.25) is 0 Å². The lowest BCUT2D eigenvalue weighted by molar-refractivity contribution is 0.279. The normalized spacial score (nSPS) is 12.8. The Kier molecular flexibility index (Phi) is 2.64. The van der Waals surface area contributed by atoms with Crippen molar-refractivity contribution in [2.75, 3.05) is 6.61 Å². The molecule has 1 N–H and O–H groups in total. The van der Waals surface area contributed by atoms with E-state index in [1.807, 2.05) is 29.0 Å². The summed E-state index contributed by atoms with van der Waals surface area (Å²) in [6, 6.07) is 5.92. The highest BCUT2D eigenvalue weighted by Gasteiger charge is 2.19. The number of ether oxygens (including phenoxy) is 1. The number of hydrogen-bond acceptors (Lipinski definition) is 3. The lowest BCUT2D eigenvalue weighted by Gasteiger charge is -2.19. The maximum Gasteiger partial charge on any atom is 0.151 e. The molecule has 0 unspecified atom stereocenters. The van der Waals surface area contributed by atoms with Crippen LogP contribution < -0.4 is 4.74 Å². The first-order valence-electron chi connectivity index (χ1n) is 5.38. The maximum absolute atomic E-state index is 8.93. The molecule has 0 saturated carbocycles. The quantitative estimate of drug-likeness (QED) is 0.922. The summed E-state index contributed by atoms with van der Waals surface area (Å²) < 4.78 is 8.67. The predicted molar refractivity (Wildman–Crippen MR) is 66.4 cm³/mol. The van der Waals surface area contributed by atoms with Crippen LogP contribution in [0.3, 0.4) is 0 Å². The zero-order valence-electron chi connectivity index (χ0n) is 9.06. The van der Waals surface area contributed by atoms with Crippen LogP contribution in [0.1, 0.15) is 11.5 Å². The van der Waals surface area contributed by atoms with Crippen molar-refractivity contribution in [3.63, 3.8) is 0 Å². The van der Waals surface area contributed by atoms with E-state index in [9.17, 15) is 0 Å². The number of rotatable bonds is 2. The van der Waals surface area contributed by atoms with Gasteiger partial charge in [-0.1, -0.05) is 15.9 Å². The number of fused-ring (bicyclic) bond motifs is 3. The molecule has 0 spiro atoms. The summed E-state index contributed by atoms with van der Waals surface area (Å²) in [5.41, 5.74) is 1.88. The minimum absolute atomic E-state index is 0.116. The molecule has 1 aromatic carbocycles. The fraction of sp³-hybridized carbons (Fsp3) is 0.250. The summed E-state index contributed by atoms with van der Waals surface area (Å²) in [6.07, 6.45) is 2.53. The predicted octanol–water partition coefficient (Wildman–Crippen LogP) is 2.06. The minimum atomic E-state index is 0.116. The molecule has 2 heterocycles. The molecule has 0 fully saturated rings. The van der Waals surface area contributed by atoms with Crippen molar-refractivity contribution in [2.45, 2.75) is 13.0 Å². The molecule has 0 saturated heterocycles. The molecule has 88 valence electrons. The molecule has 17 heavy (non-hydrogen) atoms. The van der Waals surface area contributed by atoms with E-state index >= 15 is 0 Å². The topological polar surface area (TPSA) is 47.3 Å². The van der Waals surface area contributed by atoms with Gasteiger partial charge in [-0.2, -0.15) is 0 Å². The molecule has 0 amide bonds. The van der Waals surface area contributed by atoms with Gasteiger partial charge < -0.3 is 9.84 Å². The largest absolute Gasteiger partial charge is 0.483 e. The molecule has 0 bridgehead atoms. The molecule has 3 rings (SSSR count). The lowest BCUT2D eigenvalue weighted by atomic mass is 10.2. The highest BCUT2D eigenvalue weighted by molar-refractivity contribution is 9.10. The van der Waals surface area contributed by atoms with E-state index in [4.69, 9.17) is 9.84 Å². The van der Waals surface area contributed by atoms with Crippen LogP contribution in [-0.4, -0.2) is 21.3 Å². The number of nitrogens with zero attached hydrogens (tertiary/aromatic N) is 2. The van der Waals surface area contributed by atoms with Crippen molar-refractivity contribution in [2.24, 2.45) is 0 Å². The van der Waals surface area contributed by atoms with Crippen molar-refractivity contribution in [3.05, 3.63) is 40.4 Å². The first-order valence-corrected chi connectivity index (χ1v) is 6.18. The summed E-state index contributed by atoms with van der Waals surface area (Å²) in [7, 11) is 0. The average molecular weight is 295 g/mol. The van der Waals surface area contributed by atoms with Crippen molar-refractivity contribution < 1.29 is 9.84 Å². The number of imidazole rings is 1. The Hall–Kier alpha value is -1.33.